The number of rotatable bonds is 3. The highest BCUT2D eigenvalue weighted by Crippen LogP contribution is 2.40. The summed E-state index contributed by atoms with van der Waals surface area (Å²) in [6.07, 6.45) is 0.262. The molecule has 0 radical (unpaired) electrons. The van der Waals surface area contributed by atoms with Crippen molar-refractivity contribution in [3.63, 3.8) is 0 Å². The summed E-state index contributed by atoms with van der Waals surface area (Å²) in [7, 11) is 0. The maximum absolute atomic E-state index is 11.7. The van der Waals surface area contributed by atoms with Gasteiger partial charge < -0.3 is 0 Å². The van der Waals surface area contributed by atoms with Gasteiger partial charge in [-0.25, -0.2) is 19.4 Å². The zero-order valence-corrected chi connectivity index (χ0v) is 18.2. The van der Waals surface area contributed by atoms with Gasteiger partial charge in [-0.2, -0.15) is 0 Å². The average molecular weight is 497 g/mol. The SMILES string of the molecule is CCC(=O)N(Cl)c1ccc(-c2nc(C(Cl)(Cl)Cl)nc(C(Cl)(Cl)Cl)n2)cc1. The third-order valence-electron chi connectivity index (χ3n) is 3.02. The molecule has 0 atom stereocenters. The van der Waals surface area contributed by atoms with Crippen LogP contribution in [0.4, 0.5) is 5.69 Å². The molecule has 0 spiro atoms. The number of carbonyl (C=O) groups excluding carboxylic acids is 1. The van der Waals surface area contributed by atoms with E-state index in [-0.39, 0.29) is 29.8 Å². The number of hydrogen-bond acceptors (Lipinski definition) is 4. The molecule has 12 heteroatoms. The minimum Gasteiger partial charge on any atom is -0.273 e. The van der Waals surface area contributed by atoms with E-state index < -0.39 is 7.59 Å². The number of hydrogen-bond donors (Lipinski definition) is 0. The highest BCUT2D eigenvalue weighted by molar-refractivity contribution is 6.67. The van der Waals surface area contributed by atoms with Crippen LogP contribution in [-0.2, 0) is 12.4 Å². The molecule has 2 rings (SSSR count). The van der Waals surface area contributed by atoms with Crippen LogP contribution in [0.5, 0.6) is 0 Å². The molecule has 1 heterocycles. The van der Waals surface area contributed by atoms with Gasteiger partial charge in [0.05, 0.1) is 5.69 Å². The topological polar surface area (TPSA) is 59.0 Å². The van der Waals surface area contributed by atoms with Crippen molar-refractivity contribution in [3.05, 3.63) is 35.9 Å². The zero-order chi connectivity index (χ0) is 19.7. The highest BCUT2D eigenvalue weighted by atomic mass is 35.6. The van der Waals surface area contributed by atoms with Crippen molar-refractivity contribution in [1.82, 2.24) is 15.0 Å². The molecule has 2 aromatic rings. The first kappa shape index (κ1) is 22.0. The van der Waals surface area contributed by atoms with Gasteiger partial charge in [-0.05, 0) is 24.3 Å². The Kier molecular flexibility index (Phi) is 7.11. The summed E-state index contributed by atoms with van der Waals surface area (Å²) in [4.78, 5) is 23.8. The van der Waals surface area contributed by atoms with E-state index in [9.17, 15) is 4.79 Å². The zero-order valence-electron chi connectivity index (χ0n) is 12.9. The minimum atomic E-state index is -1.94. The van der Waals surface area contributed by atoms with Gasteiger partial charge >= 0.3 is 0 Å². The lowest BCUT2D eigenvalue weighted by molar-refractivity contribution is -0.117. The Morgan fingerprint density at radius 2 is 1.38 bits per heavy atom. The number of benzene rings is 1. The molecular weight excluding hydrogens is 488 g/mol. The first-order valence-electron chi connectivity index (χ1n) is 6.93. The Balaban J connectivity index is 2.49. The van der Waals surface area contributed by atoms with E-state index in [0.717, 1.165) is 4.42 Å². The molecule has 1 aromatic carbocycles. The van der Waals surface area contributed by atoms with Crippen LogP contribution in [0, 0.1) is 0 Å². The van der Waals surface area contributed by atoms with Gasteiger partial charge in [0.2, 0.25) is 13.5 Å². The van der Waals surface area contributed by atoms with E-state index in [0.29, 0.717) is 11.3 Å². The first-order valence-corrected chi connectivity index (χ1v) is 9.53. The number of anilines is 1. The summed E-state index contributed by atoms with van der Waals surface area (Å²) >= 11 is 41.0. The third-order valence-corrected chi connectivity index (χ3v) is 4.41. The molecule has 0 aliphatic carbocycles. The number of aromatic nitrogens is 3. The molecule has 0 fully saturated rings. The second kappa shape index (κ2) is 8.39. The Morgan fingerprint density at radius 1 is 0.923 bits per heavy atom. The van der Waals surface area contributed by atoms with Crippen LogP contribution in [0.25, 0.3) is 11.4 Å². The third kappa shape index (κ3) is 5.38. The molecule has 1 aromatic heterocycles. The van der Waals surface area contributed by atoms with Crippen LogP contribution in [0.2, 0.25) is 0 Å². The van der Waals surface area contributed by atoms with Gasteiger partial charge in [0.25, 0.3) is 0 Å². The second-order valence-electron chi connectivity index (χ2n) is 4.88. The van der Waals surface area contributed by atoms with Gasteiger partial charge in [0.15, 0.2) is 17.5 Å². The van der Waals surface area contributed by atoms with Crippen molar-refractivity contribution < 1.29 is 4.79 Å². The van der Waals surface area contributed by atoms with Crippen molar-refractivity contribution in [2.24, 2.45) is 0 Å². The molecular formula is C14H9Cl7N4O. The van der Waals surface area contributed by atoms with Crippen LogP contribution in [0.15, 0.2) is 24.3 Å². The van der Waals surface area contributed by atoms with E-state index in [1.54, 1.807) is 31.2 Å². The summed E-state index contributed by atoms with van der Waals surface area (Å²) < 4.78 is -2.87. The smallest absolute Gasteiger partial charge is 0.250 e. The maximum Gasteiger partial charge on any atom is 0.250 e. The highest BCUT2D eigenvalue weighted by Gasteiger charge is 2.34. The minimum absolute atomic E-state index is 0.122. The molecule has 140 valence electrons. The Hall–Kier alpha value is -0.270. The first-order chi connectivity index (χ1) is 11.9. The second-order valence-corrected chi connectivity index (χ2v) is 9.78. The molecule has 0 saturated carbocycles. The number of nitrogens with zero attached hydrogens (tertiary/aromatic N) is 4. The summed E-state index contributed by atoms with van der Waals surface area (Å²) in [5.74, 6) is -0.523. The van der Waals surface area contributed by atoms with Crippen molar-refractivity contribution >= 4 is 93.0 Å². The van der Waals surface area contributed by atoms with Gasteiger partial charge in [-0.3, -0.25) is 4.79 Å². The van der Waals surface area contributed by atoms with E-state index >= 15 is 0 Å². The van der Waals surface area contributed by atoms with E-state index in [1.165, 1.54) is 0 Å². The van der Waals surface area contributed by atoms with Crippen molar-refractivity contribution in [3.8, 4) is 11.4 Å². The van der Waals surface area contributed by atoms with Crippen LogP contribution in [0.3, 0.4) is 0 Å². The lowest BCUT2D eigenvalue weighted by Crippen LogP contribution is -2.19. The van der Waals surface area contributed by atoms with Gasteiger partial charge in [0, 0.05) is 23.8 Å². The molecule has 0 N–H and O–H groups in total. The molecule has 0 unspecified atom stereocenters. The average Bonchev–Trinajstić information content (AvgIpc) is 2.58. The Bertz CT molecular complexity index is 770. The summed E-state index contributed by atoms with van der Waals surface area (Å²) in [6.45, 7) is 1.70. The van der Waals surface area contributed by atoms with Crippen LogP contribution in [-0.4, -0.2) is 20.9 Å². The number of alkyl halides is 6. The molecule has 0 aliphatic heterocycles. The Labute approximate surface area is 184 Å². The van der Waals surface area contributed by atoms with Gasteiger partial charge in [-0.15, -0.1) is 0 Å². The molecule has 5 nitrogen and oxygen atoms in total. The predicted molar refractivity (Wildman–Crippen MR) is 107 cm³/mol. The fourth-order valence-electron chi connectivity index (χ4n) is 1.78. The van der Waals surface area contributed by atoms with E-state index in [1.807, 2.05) is 0 Å². The Morgan fingerprint density at radius 3 is 1.77 bits per heavy atom. The van der Waals surface area contributed by atoms with Crippen LogP contribution in [0.1, 0.15) is 25.0 Å². The van der Waals surface area contributed by atoms with Crippen LogP contribution >= 0.6 is 81.4 Å². The van der Waals surface area contributed by atoms with E-state index in [2.05, 4.69) is 15.0 Å². The van der Waals surface area contributed by atoms with Crippen molar-refractivity contribution in [2.75, 3.05) is 4.42 Å². The summed E-state index contributed by atoms with van der Waals surface area (Å²) in [6, 6.07) is 6.44. The molecule has 1 amide bonds. The fraction of sp³-hybridized carbons (Fsp3) is 0.286. The van der Waals surface area contributed by atoms with Gasteiger partial charge in [0.1, 0.15) is 0 Å². The molecule has 0 aliphatic rings. The molecule has 0 bridgehead atoms. The number of halogens is 7. The van der Waals surface area contributed by atoms with Crippen LogP contribution < -0.4 is 4.42 Å². The fourth-order valence-corrected chi connectivity index (χ4v) is 2.52. The summed E-state index contributed by atoms with van der Waals surface area (Å²) in [5.41, 5.74) is 0.982. The lowest BCUT2D eigenvalue weighted by atomic mass is 10.2. The monoisotopic (exact) mass is 494 g/mol. The normalized spacial score (nSPS) is 12.2. The largest absolute Gasteiger partial charge is 0.273 e. The maximum atomic E-state index is 11.7. The number of amides is 1. The number of carbonyl (C=O) groups is 1. The van der Waals surface area contributed by atoms with Crippen molar-refractivity contribution in [1.29, 1.82) is 0 Å². The lowest BCUT2D eigenvalue weighted by Gasteiger charge is -2.16. The molecule has 0 saturated heterocycles. The van der Waals surface area contributed by atoms with Gasteiger partial charge in [-0.1, -0.05) is 76.5 Å². The standard InChI is InChI=1S/C14H9Cl7N4O/c1-2-9(26)25(21)8-5-3-7(4-6-8)10-22-11(13(15,16)17)24-12(23-10)14(18,19)20/h3-6H,2H2,1H3. The van der Waals surface area contributed by atoms with Crippen molar-refractivity contribution in [2.45, 2.75) is 20.9 Å². The predicted octanol–water partition coefficient (Wildman–Crippen LogP) is 6.09. The van der Waals surface area contributed by atoms with E-state index in [4.69, 9.17) is 81.4 Å². The molecule has 26 heavy (non-hydrogen) atoms. The summed E-state index contributed by atoms with van der Waals surface area (Å²) in [5, 5.41) is 0. The quantitative estimate of drug-likeness (QED) is 0.381.